The van der Waals surface area contributed by atoms with E-state index in [4.69, 9.17) is 5.73 Å². The minimum absolute atomic E-state index is 0.00619. The molecular weight excluding hydrogens is 424 g/mol. The van der Waals surface area contributed by atoms with Crippen molar-refractivity contribution in [2.75, 3.05) is 30.7 Å². The van der Waals surface area contributed by atoms with Gasteiger partial charge in [0.05, 0.1) is 18.0 Å². The van der Waals surface area contributed by atoms with E-state index in [1.165, 1.54) is 11.8 Å². The van der Waals surface area contributed by atoms with Crippen LogP contribution in [0.25, 0.3) is 0 Å². The lowest BCUT2D eigenvalue weighted by atomic mass is 9.97. The number of hydrogen-bond acceptors (Lipinski definition) is 5. The largest absolute Gasteiger partial charge is 0.369 e. The Morgan fingerprint density at radius 2 is 1.72 bits per heavy atom. The number of carbonyl (C=O) groups is 3. The number of amides is 3. The first-order chi connectivity index (χ1) is 15.4. The second-order valence-electron chi connectivity index (χ2n) is 8.03. The van der Waals surface area contributed by atoms with Crippen LogP contribution in [0, 0.1) is 5.92 Å². The second kappa shape index (κ2) is 11.7. The summed E-state index contributed by atoms with van der Waals surface area (Å²) < 4.78 is 0. The number of benzene rings is 2. The molecule has 0 bridgehead atoms. The monoisotopic (exact) mass is 454 g/mol. The van der Waals surface area contributed by atoms with E-state index in [2.05, 4.69) is 17.6 Å². The smallest absolute Gasteiger partial charge is 0.244 e. The average molecular weight is 455 g/mol. The number of rotatable bonds is 9. The molecule has 0 radical (unpaired) electrons. The first kappa shape index (κ1) is 23.8. The highest BCUT2D eigenvalue weighted by Crippen LogP contribution is 2.27. The van der Waals surface area contributed by atoms with Crippen molar-refractivity contribution < 1.29 is 14.4 Å². The van der Waals surface area contributed by atoms with Gasteiger partial charge in [-0.3, -0.25) is 19.7 Å². The summed E-state index contributed by atoms with van der Waals surface area (Å²) in [4.78, 5) is 39.7. The summed E-state index contributed by atoms with van der Waals surface area (Å²) in [5.74, 6) is 0.0606. The van der Waals surface area contributed by atoms with Gasteiger partial charge in [0, 0.05) is 18.0 Å². The van der Waals surface area contributed by atoms with Crippen LogP contribution in [0.3, 0.4) is 0 Å². The number of nitrogens with two attached hydrogens (primary N) is 1. The lowest BCUT2D eigenvalue weighted by Crippen LogP contribution is -2.46. The molecule has 1 saturated heterocycles. The van der Waals surface area contributed by atoms with Gasteiger partial charge in [-0.05, 0) is 36.5 Å². The van der Waals surface area contributed by atoms with Crippen molar-refractivity contribution in [3.63, 3.8) is 0 Å². The van der Waals surface area contributed by atoms with E-state index in [0.717, 1.165) is 36.4 Å². The van der Waals surface area contributed by atoms with Crippen molar-refractivity contribution in [2.45, 2.75) is 30.7 Å². The highest BCUT2D eigenvalue weighted by atomic mass is 32.2. The molecule has 32 heavy (non-hydrogen) atoms. The second-order valence-corrected chi connectivity index (χ2v) is 9.05. The Morgan fingerprint density at radius 1 is 1.06 bits per heavy atom. The number of likely N-dealkylation sites (tertiary alicyclic amines) is 1. The van der Waals surface area contributed by atoms with Crippen LogP contribution < -0.4 is 16.4 Å². The maximum atomic E-state index is 13.3. The van der Waals surface area contributed by atoms with Crippen molar-refractivity contribution in [1.82, 2.24) is 10.2 Å². The van der Waals surface area contributed by atoms with Gasteiger partial charge < -0.3 is 16.0 Å². The van der Waals surface area contributed by atoms with Gasteiger partial charge in [0.1, 0.15) is 6.04 Å². The molecule has 0 aliphatic carbocycles. The molecule has 0 saturated carbocycles. The Bertz CT molecular complexity index is 930. The van der Waals surface area contributed by atoms with Crippen molar-refractivity contribution in [3.8, 4) is 0 Å². The third-order valence-electron chi connectivity index (χ3n) is 5.47. The predicted octanol–water partition coefficient (Wildman–Crippen LogP) is 2.79. The molecule has 4 N–H and O–H groups in total. The lowest BCUT2D eigenvalue weighted by Gasteiger charge is -2.33. The van der Waals surface area contributed by atoms with E-state index in [1.807, 2.05) is 53.4 Å². The summed E-state index contributed by atoms with van der Waals surface area (Å²) in [6.07, 6.45) is 1.99. The van der Waals surface area contributed by atoms with Gasteiger partial charge in [-0.25, -0.2) is 0 Å². The van der Waals surface area contributed by atoms with E-state index >= 15 is 0 Å². The topological polar surface area (TPSA) is 105 Å². The maximum Gasteiger partial charge on any atom is 0.244 e. The van der Waals surface area contributed by atoms with E-state index in [0.29, 0.717) is 11.6 Å². The van der Waals surface area contributed by atoms with Crippen molar-refractivity contribution in [2.24, 2.45) is 11.7 Å². The number of nitrogens with one attached hydrogen (secondary N) is 2. The molecule has 0 aromatic heterocycles. The zero-order valence-corrected chi connectivity index (χ0v) is 19.1. The van der Waals surface area contributed by atoms with Crippen LogP contribution in [0.15, 0.2) is 59.5 Å². The normalized spacial score (nSPS) is 15.2. The standard InChI is InChI=1S/C24H30N4O3S/c1-17-11-13-28(14-12-17)24(31)23(18-7-3-2-4-8-18)26-15-22(30)27-19-9-5-6-10-20(19)32-16-21(25)29/h2-10,17,23,26H,11-16H2,1H3,(H2,25,29)(H,27,30). The molecule has 1 fully saturated rings. The first-order valence-electron chi connectivity index (χ1n) is 10.8. The van der Waals surface area contributed by atoms with E-state index in [1.54, 1.807) is 6.07 Å². The number of nitrogens with zero attached hydrogens (tertiary/aromatic N) is 1. The number of para-hydroxylation sites is 1. The van der Waals surface area contributed by atoms with Crippen molar-refractivity contribution in [3.05, 3.63) is 60.2 Å². The molecule has 8 heteroatoms. The fourth-order valence-corrected chi connectivity index (χ4v) is 4.39. The molecule has 170 valence electrons. The minimum atomic E-state index is -0.588. The molecule has 1 unspecified atom stereocenters. The van der Waals surface area contributed by atoms with Gasteiger partial charge in [-0.15, -0.1) is 11.8 Å². The molecule has 0 spiro atoms. The molecule has 1 atom stereocenters. The quantitative estimate of drug-likeness (QED) is 0.506. The molecule has 7 nitrogen and oxygen atoms in total. The number of primary amides is 1. The van der Waals surface area contributed by atoms with Gasteiger partial charge in [0.2, 0.25) is 17.7 Å². The molecule has 1 aliphatic rings. The molecule has 3 amide bonds. The first-order valence-corrected chi connectivity index (χ1v) is 11.8. The third-order valence-corrected chi connectivity index (χ3v) is 6.57. The van der Waals surface area contributed by atoms with Crippen LogP contribution in [0.2, 0.25) is 0 Å². The van der Waals surface area contributed by atoms with Crippen LogP contribution in [0.4, 0.5) is 5.69 Å². The van der Waals surface area contributed by atoms with Gasteiger partial charge in [-0.2, -0.15) is 0 Å². The Labute approximate surface area is 193 Å². The fraction of sp³-hybridized carbons (Fsp3) is 0.375. The van der Waals surface area contributed by atoms with Gasteiger partial charge >= 0.3 is 0 Å². The molecule has 1 aliphatic heterocycles. The van der Waals surface area contributed by atoms with Gasteiger partial charge in [0.15, 0.2) is 0 Å². The molecule has 1 heterocycles. The Hall–Kier alpha value is -2.84. The zero-order valence-electron chi connectivity index (χ0n) is 18.3. The highest BCUT2D eigenvalue weighted by Gasteiger charge is 2.28. The Morgan fingerprint density at radius 3 is 2.41 bits per heavy atom. The predicted molar refractivity (Wildman–Crippen MR) is 127 cm³/mol. The number of thioether (sulfide) groups is 1. The fourth-order valence-electron chi connectivity index (χ4n) is 3.64. The summed E-state index contributed by atoms with van der Waals surface area (Å²) in [5, 5.41) is 6.02. The zero-order chi connectivity index (χ0) is 22.9. The summed E-state index contributed by atoms with van der Waals surface area (Å²) in [7, 11) is 0. The molecule has 2 aromatic carbocycles. The van der Waals surface area contributed by atoms with E-state index < -0.39 is 11.9 Å². The van der Waals surface area contributed by atoms with Gasteiger partial charge in [0.25, 0.3) is 0 Å². The number of anilines is 1. The Balaban J connectivity index is 1.65. The number of piperidine rings is 1. The summed E-state index contributed by atoms with van der Waals surface area (Å²) >= 11 is 1.27. The molecule has 3 rings (SSSR count). The van der Waals surface area contributed by atoms with E-state index in [9.17, 15) is 14.4 Å². The van der Waals surface area contributed by atoms with Crippen LogP contribution in [0.1, 0.15) is 31.4 Å². The molecule has 2 aromatic rings. The Kier molecular flexibility index (Phi) is 8.70. The summed E-state index contributed by atoms with van der Waals surface area (Å²) in [6.45, 7) is 3.66. The van der Waals surface area contributed by atoms with Gasteiger partial charge in [-0.1, -0.05) is 49.4 Å². The average Bonchev–Trinajstić information content (AvgIpc) is 2.79. The van der Waals surface area contributed by atoms with Crippen molar-refractivity contribution in [1.29, 1.82) is 0 Å². The highest BCUT2D eigenvalue weighted by molar-refractivity contribution is 8.00. The summed E-state index contributed by atoms with van der Waals surface area (Å²) in [6, 6.07) is 16.1. The molecular formula is C24H30N4O3S. The van der Waals surface area contributed by atoms with Crippen LogP contribution in [0.5, 0.6) is 0 Å². The summed E-state index contributed by atoms with van der Waals surface area (Å²) in [5.41, 5.74) is 6.68. The van der Waals surface area contributed by atoms with Crippen LogP contribution in [-0.2, 0) is 14.4 Å². The van der Waals surface area contributed by atoms with Crippen LogP contribution >= 0.6 is 11.8 Å². The lowest BCUT2D eigenvalue weighted by molar-refractivity contribution is -0.135. The van der Waals surface area contributed by atoms with E-state index in [-0.39, 0.29) is 24.1 Å². The number of carbonyl (C=O) groups excluding carboxylic acids is 3. The van der Waals surface area contributed by atoms with Crippen LogP contribution in [-0.4, -0.2) is 48.0 Å². The number of hydrogen-bond donors (Lipinski definition) is 3. The third kappa shape index (κ3) is 6.83. The SMILES string of the molecule is CC1CCN(C(=O)C(NCC(=O)Nc2ccccc2SCC(N)=O)c2ccccc2)CC1. The maximum absolute atomic E-state index is 13.3. The van der Waals surface area contributed by atoms with Crippen molar-refractivity contribution >= 4 is 35.2 Å². The minimum Gasteiger partial charge on any atom is -0.369 e.